The van der Waals surface area contributed by atoms with Gasteiger partial charge in [-0.25, -0.2) is 9.13 Å². The first-order valence-corrected chi connectivity index (χ1v) is 42.2. The maximum atomic E-state index is 13.1. The molecule has 0 saturated heterocycles. The van der Waals surface area contributed by atoms with Crippen molar-refractivity contribution in [2.24, 2.45) is 23.7 Å². The highest BCUT2D eigenvalue weighted by molar-refractivity contribution is 7.47. The van der Waals surface area contributed by atoms with Gasteiger partial charge in [0.2, 0.25) is 0 Å². The molecule has 0 aliphatic heterocycles. The monoisotopic (exact) mass is 1400 g/mol. The van der Waals surface area contributed by atoms with Crippen molar-refractivity contribution in [3.63, 3.8) is 0 Å². The Labute approximate surface area is 581 Å². The van der Waals surface area contributed by atoms with Gasteiger partial charge >= 0.3 is 39.5 Å². The smallest absolute Gasteiger partial charge is 0.462 e. The van der Waals surface area contributed by atoms with Crippen molar-refractivity contribution >= 4 is 39.5 Å². The molecule has 0 fully saturated rings. The third-order valence-corrected chi connectivity index (χ3v) is 19.8. The second-order valence-corrected chi connectivity index (χ2v) is 32.0. The van der Waals surface area contributed by atoms with Gasteiger partial charge in [-0.1, -0.05) is 331 Å². The number of aliphatic hydroxyl groups is 1. The summed E-state index contributed by atoms with van der Waals surface area (Å²) < 4.78 is 68.4. The van der Waals surface area contributed by atoms with E-state index in [0.29, 0.717) is 31.6 Å². The molecule has 0 radical (unpaired) electrons. The van der Waals surface area contributed by atoms with Crippen LogP contribution in [-0.4, -0.2) is 96.7 Å². The van der Waals surface area contributed by atoms with Crippen molar-refractivity contribution < 1.29 is 80.2 Å². The lowest BCUT2D eigenvalue weighted by Gasteiger charge is -2.21. The second kappa shape index (κ2) is 65.4. The minimum atomic E-state index is -4.96. The third kappa shape index (κ3) is 69.0. The highest BCUT2D eigenvalue weighted by Crippen LogP contribution is 2.45. The van der Waals surface area contributed by atoms with E-state index in [1.54, 1.807) is 0 Å². The van der Waals surface area contributed by atoms with E-state index in [9.17, 15) is 43.2 Å². The van der Waals surface area contributed by atoms with Crippen LogP contribution >= 0.6 is 15.6 Å². The van der Waals surface area contributed by atoms with Crippen LogP contribution in [-0.2, 0) is 65.4 Å². The molecule has 0 aromatic heterocycles. The van der Waals surface area contributed by atoms with Crippen molar-refractivity contribution in [2.75, 3.05) is 39.6 Å². The zero-order valence-electron chi connectivity index (χ0n) is 62.3. The largest absolute Gasteiger partial charge is 0.472 e. The van der Waals surface area contributed by atoms with E-state index in [1.165, 1.54) is 180 Å². The van der Waals surface area contributed by atoms with Crippen LogP contribution in [0.1, 0.15) is 383 Å². The first-order chi connectivity index (χ1) is 45.6. The quantitative estimate of drug-likeness (QED) is 0.0222. The van der Waals surface area contributed by atoms with Crippen molar-refractivity contribution in [2.45, 2.75) is 401 Å². The van der Waals surface area contributed by atoms with Crippen molar-refractivity contribution in [1.82, 2.24) is 0 Å². The summed E-state index contributed by atoms with van der Waals surface area (Å²) in [6.45, 7) is 14.1. The van der Waals surface area contributed by atoms with Gasteiger partial charge in [0.1, 0.15) is 19.3 Å². The van der Waals surface area contributed by atoms with Crippen molar-refractivity contribution in [3.05, 3.63) is 0 Å². The highest BCUT2D eigenvalue weighted by Gasteiger charge is 2.30. The molecule has 0 aromatic carbocycles. The van der Waals surface area contributed by atoms with Gasteiger partial charge in [-0.2, -0.15) is 0 Å². The summed E-state index contributed by atoms with van der Waals surface area (Å²) >= 11 is 0. The number of phosphoric acid groups is 2. The average molecular weight is 1400 g/mol. The first kappa shape index (κ1) is 93.1. The van der Waals surface area contributed by atoms with Crippen molar-refractivity contribution in [3.8, 4) is 0 Å². The number of unbranched alkanes of at least 4 members (excludes halogenated alkanes) is 38. The summed E-state index contributed by atoms with van der Waals surface area (Å²) in [6, 6.07) is 0. The molecular weight excluding hydrogens is 1250 g/mol. The number of hydrogen-bond acceptors (Lipinski definition) is 15. The number of rotatable bonds is 73. The number of aliphatic hydroxyl groups excluding tert-OH is 1. The first-order valence-electron chi connectivity index (χ1n) is 39.2. The summed E-state index contributed by atoms with van der Waals surface area (Å²) in [5.74, 6) is 0.888. The molecule has 3 N–H and O–H groups in total. The van der Waals surface area contributed by atoms with Crippen LogP contribution < -0.4 is 0 Å². The third-order valence-electron chi connectivity index (χ3n) is 17.9. The fourth-order valence-electron chi connectivity index (χ4n) is 11.5. The van der Waals surface area contributed by atoms with Crippen LogP contribution in [0.2, 0.25) is 0 Å². The lowest BCUT2D eigenvalue weighted by molar-refractivity contribution is -0.161. The van der Waals surface area contributed by atoms with Crippen LogP contribution in [0.5, 0.6) is 0 Å². The number of carbonyl (C=O) groups is 4. The number of hydrogen-bond donors (Lipinski definition) is 3. The average Bonchev–Trinajstić information content (AvgIpc) is 1.32. The molecule has 0 spiro atoms. The molecule has 0 rings (SSSR count). The molecule has 564 valence electrons. The maximum Gasteiger partial charge on any atom is 0.472 e. The van der Waals surface area contributed by atoms with Crippen LogP contribution in [0.25, 0.3) is 0 Å². The summed E-state index contributed by atoms with van der Waals surface area (Å²) in [4.78, 5) is 72.7. The molecule has 0 aromatic rings. The Kier molecular flexibility index (Phi) is 64.0. The Hall–Kier alpha value is -1.94. The van der Waals surface area contributed by atoms with E-state index < -0.39 is 97.5 Å². The Morgan fingerprint density at radius 1 is 0.295 bits per heavy atom. The summed E-state index contributed by atoms with van der Waals surface area (Å²) in [5, 5.41) is 10.6. The number of carbonyl (C=O) groups excluding carboxylic acids is 4. The van der Waals surface area contributed by atoms with E-state index in [0.717, 1.165) is 114 Å². The Bertz CT molecular complexity index is 1870. The van der Waals surface area contributed by atoms with E-state index in [2.05, 4.69) is 55.4 Å². The molecular formula is C76H148O17P2. The molecule has 0 amide bonds. The normalized spacial score (nSPS) is 14.4. The maximum absolute atomic E-state index is 13.1. The fraction of sp³-hybridized carbons (Fsp3) is 0.947. The summed E-state index contributed by atoms with van der Waals surface area (Å²) in [5.41, 5.74) is 0. The minimum absolute atomic E-state index is 0.102. The molecule has 19 heteroatoms. The van der Waals surface area contributed by atoms with Crippen LogP contribution in [0.4, 0.5) is 0 Å². The molecule has 17 nitrogen and oxygen atoms in total. The number of esters is 4. The summed E-state index contributed by atoms with van der Waals surface area (Å²) in [7, 11) is -9.91. The SMILES string of the molecule is CCC(C)CCCCCCCCC(=O)O[C@H](COC(=O)CCCCCCCCCC(C)C)COP(=O)(O)OCC(O)COP(=O)(O)OC[C@@H](COC(=O)CCCCCCCCCCCCCCCCCCCCC(C)C)OC(=O)CCCCCCCCCCCCCC(C)C. The van der Waals surface area contributed by atoms with Crippen molar-refractivity contribution in [1.29, 1.82) is 0 Å². The standard InChI is InChI=1S/C76H148O17P2/c1-9-69(8)55-47-39-34-35-43-51-59-76(81)93-72(63-87-74(79)57-49-41-33-27-30-38-46-54-68(6)7)65-91-95(84,85)89-61-70(77)60-88-94(82,83)90-64-71(92-75(80)58-50-42-32-26-22-18-20-24-29-37-45-53-67(4)5)62-86-73(78)56-48-40-31-25-21-17-15-13-11-10-12-14-16-19-23-28-36-44-52-66(2)3/h66-72,77H,9-65H2,1-8H3,(H,82,83)(H,84,85)/t69?,70?,71-,72-/m1/s1. The molecule has 95 heavy (non-hydrogen) atoms. The van der Waals surface area contributed by atoms with E-state index in [-0.39, 0.29) is 25.7 Å². The van der Waals surface area contributed by atoms with Crippen LogP contribution in [0.15, 0.2) is 0 Å². The number of phosphoric ester groups is 2. The molecule has 4 unspecified atom stereocenters. The van der Waals surface area contributed by atoms with Crippen LogP contribution in [0.3, 0.4) is 0 Å². The van der Waals surface area contributed by atoms with Gasteiger partial charge in [0.05, 0.1) is 26.4 Å². The predicted molar refractivity (Wildman–Crippen MR) is 386 cm³/mol. The lowest BCUT2D eigenvalue weighted by Crippen LogP contribution is -2.30. The van der Waals surface area contributed by atoms with Gasteiger partial charge in [0, 0.05) is 25.7 Å². The Balaban J connectivity index is 5.18. The topological polar surface area (TPSA) is 237 Å². The summed E-state index contributed by atoms with van der Waals surface area (Å²) in [6.07, 6.45) is 50.2. The molecule has 6 atom stereocenters. The van der Waals surface area contributed by atoms with E-state index in [1.807, 2.05) is 0 Å². The molecule has 0 bridgehead atoms. The van der Waals surface area contributed by atoms with E-state index in [4.69, 9.17) is 37.0 Å². The van der Waals surface area contributed by atoms with Crippen LogP contribution in [0, 0.1) is 23.7 Å². The molecule has 0 heterocycles. The Morgan fingerprint density at radius 2 is 0.505 bits per heavy atom. The van der Waals surface area contributed by atoms with Gasteiger partial charge < -0.3 is 33.8 Å². The molecule has 0 saturated carbocycles. The highest BCUT2D eigenvalue weighted by atomic mass is 31.2. The Morgan fingerprint density at radius 3 is 0.747 bits per heavy atom. The molecule has 0 aliphatic rings. The van der Waals surface area contributed by atoms with Gasteiger partial charge in [-0.15, -0.1) is 0 Å². The fourth-order valence-corrected chi connectivity index (χ4v) is 13.1. The minimum Gasteiger partial charge on any atom is -0.462 e. The molecule has 0 aliphatic carbocycles. The second-order valence-electron chi connectivity index (χ2n) is 29.1. The van der Waals surface area contributed by atoms with Gasteiger partial charge in [-0.3, -0.25) is 37.3 Å². The van der Waals surface area contributed by atoms with E-state index >= 15 is 0 Å². The lowest BCUT2D eigenvalue weighted by atomic mass is 10.00. The van der Waals surface area contributed by atoms with Gasteiger partial charge in [0.25, 0.3) is 0 Å². The zero-order chi connectivity index (χ0) is 70.3. The van der Waals surface area contributed by atoms with Gasteiger partial charge in [-0.05, 0) is 49.4 Å². The predicted octanol–water partition coefficient (Wildman–Crippen LogP) is 22.0. The van der Waals surface area contributed by atoms with Gasteiger partial charge in [0.15, 0.2) is 12.2 Å². The zero-order valence-corrected chi connectivity index (χ0v) is 64.1. The number of ether oxygens (including phenoxy) is 4.